The minimum absolute atomic E-state index is 0.0104. The first-order valence-electron chi connectivity index (χ1n) is 5.98. The molecule has 0 spiro atoms. The first-order valence-corrected chi connectivity index (χ1v) is 5.98. The van der Waals surface area contributed by atoms with Crippen LogP contribution in [0.5, 0.6) is 0 Å². The van der Waals surface area contributed by atoms with Crippen LogP contribution < -0.4 is 11.5 Å². The summed E-state index contributed by atoms with van der Waals surface area (Å²) in [5.74, 6) is -0.408. The van der Waals surface area contributed by atoms with Crippen LogP contribution in [0.25, 0.3) is 0 Å². The fourth-order valence-corrected chi connectivity index (χ4v) is 1.90. The maximum Gasteiger partial charge on any atom is 0.237 e. The second-order valence-corrected chi connectivity index (χ2v) is 4.68. The third kappa shape index (κ3) is 3.23. The smallest absolute Gasteiger partial charge is 0.237 e. The van der Waals surface area contributed by atoms with E-state index in [0.29, 0.717) is 12.2 Å². The van der Waals surface area contributed by atoms with Crippen molar-refractivity contribution in [3.8, 4) is 0 Å². The molecule has 18 heavy (non-hydrogen) atoms. The van der Waals surface area contributed by atoms with Gasteiger partial charge in [-0.25, -0.2) is 0 Å². The highest BCUT2D eigenvalue weighted by atomic mass is 16.2. The number of carbonyl (C=O) groups excluding carboxylic acids is 2. The lowest BCUT2D eigenvalue weighted by Crippen LogP contribution is -2.38. The Morgan fingerprint density at radius 1 is 1.33 bits per heavy atom. The van der Waals surface area contributed by atoms with Crippen molar-refractivity contribution in [3.05, 3.63) is 29.8 Å². The van der Waals surface area contributed by atoms with Crippen LogP contribution in [0.4, 0.5) is 5.69 Å². The van der Waals surface area contributed by atoms with Crippen molar-refractivity contribution in [3.63, 3.8) is 0 Å². The van der Waals surface area contributed by atoms with E-state index in [1.165, 1.54) is 4.90 Å². The molecule has 0 atom stereocenters. The Bertz CT molecular complexity index is 469. The Hall–Kier alpha value is -2.04. The quantitative estimate of drug-likeness (QED) is 0.742. The van der Waals surface area contributed by atoms with E-state index in [-0.39, 0.29) is 18.4 Å². The zero-order valence-corrected chi connectivity index (χ0v) is 10.1. The molecule has 4 N–H and O–H groups in total. The molecule has 0 aliphatic heterocycles. The summed E-state index contributed by atoms with van der Waals surface area (Å²) >= 11 is 0. The summed E-state index contributed by atoms with van der Waals surface area (Å²) in [6, 6.07) is 7.29. The summed E-state index contributed by atoms with van der Waals surface area (Å²) in [4.78, 5) is 24.5. The Morgan fingerprint density at radius 3 is 2.61 bits per heavy atom. The highest BCUT2D eigenvalue weighted by molar-refractivity contribution is 5.86. The standard InChI is InChI=1S/C13H17N3O2/c14-11-3-1-2-9(6-11)7-16(8-12(15)17)13(18)10-4-5-10/h1-3,6,10H,4-5,7-8,14H2,(H2,15,17). The molecular weight excluding hydrogens is 230 g/mol. The molecule has 0 unspecified atom stereocenters. The molecule has 1 aliphatic carbocycles. The topological polar surface area (TPSA) is 89.4 Å². The molecule has 1 aromatic rings. The molecular formula is C13H17N3O2. The van der Waals surface area contributed by atoms with Crippen LogP contribution in [0, 0.1) is 5.92 Å². The molecule has 5 nitrogen and oxygen atoms in total. The summed E-state index contributed by atoms with van der Waals surface area (Å²) in [7, 11) is 0. The summed E-state index contributed by atoms with van der Waals surface area (Å²) in [6.07, 6.45) is 1.82. The zero-order valence-electron chi connectivity index (χ0n) is 10.1. The summed E-state index contributed by atoms with van der Waals surface area (Å²) < 4.78 is 0. The number of hydrogen-bond acceptors (Lipinski definition) is 3. The highest BCUT2D eigenvalue weighted by Crippen LogP contribution is 2.31. The van der Waals surface area contributed by atoms with Crippen LogP contribution >= 0.6 is 0 Å². The van der Waals surface area contributed by atoms with Gasteiger partial charge in [-0.3, -0.25) is 9.59 Å². The van der Waals surface area contributed by atoms with Gasteiger partial charge in [-0.2, -0.15) is 0 Å². The fraction of sp³-hybridized carbons (Fsp3) is 0.385. The lowest BCUT2D eigenvalue weighted by Gasteiger charge is -2.21. The van der Waals surface area contributed by atoms with Gasteiger partial charge >= 0.3 is 0 Å². The normalized spacial score (nSPS) is 14.2. The predicted octanol–water partition coefficient (Wildman–Crippen LogP) is 0.493. The van der Waals surface area contributed by atoms with Crippen LogP contribution in [0.15, 0.2) is 24.3 Å². The monoisotopic (exact) mass is 247 g/mol. The third-order valence-corrected chi connectivity index (χ3v) is 2.91. The molecule has 2 rings (SSSR count). The molecule has 96 valence electrons. The molecule has 2 amide bonds. The number of hydrogen-bond donors (Lipinski definition) is 2. The van der Waals surface area contributed by atoms with E-state index < -0.39 is 5.91 Å². The van der Waals surface area contributed by atoms with Gasteiger partial charge in [0.05, 0.1) is 6.54 Å². The largest absolute Gasteiger partial charge is 0.399 e. The average molecular weight is 247 g/mol. The van der Waals surface area contributed by atoms with Crippen molar-refractivity contribution in [2.75, 3.05) is 12.3 Å². The molecule has 0 radical (unpaired) electrons. The van der Waals surface area contributed by atoms with Crippen molar-refractivity contribution < 1.29 is 9.59 Å². The number of amides is 2. The number of rotatable bonds is 5. The number of primary amides is 1. The van der Waals surface area contributed by atoms with E-state index in [1.807, 2.05) is 12.1 Å². The minimum Gasteiger partial charge on any atom is -0.399 e. The van der Waals surface area contributed by atoms with Gasteiger partial charge in [0.25, 0.3) is 0 Å². The van der Waals surface area contributed by atoms with Crippen LogP contribution in [-0.4, -0.2) is 23.3 Å². The summed E-state index contributed by atoms with van der Waals surface area (Å²) in [5.41, 5.74) is 12.4. The average Bonchev–Trinajstić information content (AvgIpc) is 3.10. The van der Waals surface area contributed by atoms with Crippen LogP contribution in [-0.2, 0) is 16.1 Å². The Kier molecular flexibility index (Phi) is 3.50. The van der Waals surface area contributed by atoms with Gasteiger partial charge in [-0.05, 0) is 30.5 Å². The van der Waals surface area contributed by atoms with E-state index in [4.69, 9.17) is 11.5 Å². The van der Waals surface area contributed by atoms with Crippen LogP contribution in [0.1, 0.15) is 18.4 Å². The second-order valence-electron chi connectivity index (χ2n) is 4.68. The van der Waals surface area contributed by atoms with E-state index in [2.05, 4.69) is 0 Å². The lowest BCUT2D eigenvalue weighted by atomic mass is 10.2. The molecule has 1 aromatic carbocycles. The SMILES string of the molecule is NC(=O)CN(Cc1cccc(N)c1)C(=O)C1CC1. The van der Waals surface area contributed by atoms with Gasteiger partial charge in [0, 0.05) is 18.2 Å². The van der Waals surface area contributed by atoms with E-state index in [9.17, 15) is 9.59 Å². The molecule has 0 saturated heterocycles. The number of anilines is 1. The maximum atomic E-state index is 12.0. The van der Waals surface area contributed by atoms with Crippen LogP contribution in [0.3, 0.4) is 0 Å². The number of nitrogens with two attached hydrogens (primary N) is 2. The van der Waals surface area contributed by atoms with Crippen molar-refractivity contribution in [2.45, 2.75) is 19.4 Å². The molecule has 0 bridgehead atoms. The Labute approximate surface area is 106 Å². The first-order chi connectivity index (χ1) is 8.56. The molecule has 1 fully saturated rings. The van der Waals surface area contributed by atoms with Gasteiger partial charge in [0.1, 0.15) is 0 Å². The van der Waals surface area contributed by atoms with Crippen molar-refractivity contribution in [1.29, 1.82) is 0 Å². The van der Waals surface area contributed by atoms with Gasteiger partial charge in [0.2, 0.25) is 11.8 Å². The summed E-state index contributed by atoms with van der Waals surface area (Å²) in [5, 5.41) is 0. The van der Waals surface area contributed by atoms with E-state index in [0.717, 1.165) is 18.4 Å². The van der Waals surface area contributed by atoms with Crippen LogP contribution in [0.2, 0.25) is 0 Å². The second kappa shape index (κ2) is 5.08. The molecule has 5 heteroatoms. The Balaban J connectivity index is 2.08. The lowest BCUT2D eigenvalue weighted by molar-refractivity contribution is -0.136. The van der Waals surface area contributed by atoms with E-state index >= 15 is 0 Å². The Morgan fingerprint density at radius 2 is 2.06 bits per heavy atom. The maximum absolute atomic E-state index is 12.0. The predicted molar refractivity (Wildman–Crippen MR) is 68.2 cm³/mol. The van der Waals surface area contributed by atoms with E-state index in [1.54, 1.807) is 12.1 Å². The number of carbonyl (C=O) groups is 2. The van der Waals surface area contributed by atoms with Crippen molar-refractivity contribution in [2.24, 2.45) is 11.7 Å². The summed E-state index contributed by atoms with van der Waals surface area (Å²) in [6.45, 7) is 0.341. The molecule has 0 aromatic heterocycles. The van der Waals surface area contributed by atoms with Gasteiger partial charge < -0.3 is 16.4 Å². The minimum atomic E-state index is -0.493. The number of nitrogens with zero attached hydrogens (tertiary/aromatic N) is 1. The van der Waals surface area contributed by atoms with Crippen molar-refractivity contribution >= 4 is 17.5 Å². The number of benzene rings is 1. The molecule has 1 saturated carbocycles. The first kappa shape index (κ1) is 12.4. The van der Waals surface area contributed by atoms with Crippen molar-refractivity contribution in [1.82, 2.24) is 4.90 Å². The molecule has 0 heterocycles. The van der Waals surface area contributed by atoms with Gasteiger partial charge in [-0.1, -0.05) is 12.1 Å². The van der Waals surface area contributed by atoms with Gasteiger partial charge in [-0.15, -0.1) is 0 Å². The molecule has 1 aliphatic rings. The third-order valence-electron chi connectivity index (χ3n) is 2.91. The fourth-order valence-electron chi connectivity index (χ4n) is 1.90. The zero-order chi connectivity index (χ0) is 13.1. The van der Waals surface area contributed by atoms with Gasteiger partial charge in [0.15, 0.2) is 0 Å². The highest BCUT2D eigenvalue weighted by Gasteiger charge is 2.33. The number of nitrogen functional groups attached to an aromatic ring is 1.